The van der Waals surface area contributed by atoms with E-state index in [2.05, 4.69) is 24.3 Å². The van der Waals surface area contributed by atoms with Crippen LogP contribution < -0.4 is 0 Å². The molecule has 0 radical (unpaired) electrons. The third-order valence-electron chi connectivity index (χ3n) is 5.73. The van der Waals surface area contributed by atoms with E-state index in [0.717, 1.165) is 12.0 Å². The molecule has 0 heterocycles. The number of hydrogen-bond acceptors (Lipinski definition) is 4. The summed E-state index contributed by atoms with van der Waals surface area (Å²) in [4.78, 5) is 24.3. The fourth-order valence-electron chi connectivity index (χ4n) is 3.84. The SMILES string of the molecule is COC(=O)/C(C)=C/C1C(C(=O)OCc2cccc(Cc3ccccc3)c2)C1(C)C. The lowest BCUT2D eigenvalue weighted by Gasteiger charge is -2.08. The summed E-state index contributed by atoms with van der Waals surface area (Å²) in [6.07, 6.45) is 2.68. The van der Waals surface area contributed by atoms with Crippen molar-refractivity contribution in [1.29, 1.82) is 0 Å². The van der Waals surface area contributed by atoms with Gasteiger partial charge in [-0.3, -0.25) is 4.79 Å². The van der Waals surface area contributed by atoms with E-state index in [4.69, 9.17) is 9.47 Å². The average molecular weight is 392 g/mol. The molecule has 2 aromatic rings. The molecule has 2 atom stereocenters. The molecule has 2 unspecified atom stereocenters. The van der Waals surface area contributed by atoms with E-state index < -0.39 is 0 Å². The first kappa shape index (κ1) is 20.8. The Kier molecular flexibility index (Phi) is 6.21. The first-order valence-corrected chi connectivity index (χ1v) is 9.88. The average Bonchev–Trinajstić information content (AvgIpc) is 3.26. The van der Waals surface area contributed by atoms with Gasteiger partial charge in [-0.2, -0.15) is 0 Å². The van der Waals surface area contributed by atoms with Gasteiger partial charge in [-0.1, -0.05) is 74.5 Å². The maximum atomic E-state index is 12.6. The summed E-state index contributed by atoms with van der Waals surface area (Å²) >= 11 is 0. The van der Waals surface area contributed by atoms with Crippen molar-refractivity contribution in [3.05, 3.63) is 82.9 Å². The zero-order chi connectivity index (χ0) is 21.0. The number of allylic oxidation sites excluding steroid dienone is 1. The fraction of sp³-hybridized carbons (Fsp3) is 0.360. The van der Waals surface area contributed by atoms with Gasteiger partial charge in [-0.25, -0.2) is 4.79 Å². The number of rotatable bonds is 7. The van der Waals surface area contributed by atoms with E-state index in [1.54, 1.807) is 6.92 Å². The van der Waals surface area contributed by atoms with Crippen LogP contribution in [0, 0.1) is 17.3 Å². The molecule has 4 nitrogen and oxygen atoms in total. The van der Waals surface area contributed by atoms with E-state index in [9.17, 15) is 9.59 Å². The first-order chi connectivity index (χ1) is 13.8. The molecule has 1 aliphatic carbocycles. The summed E-state index contributed by atoms with van der Waals surface area (Å²) in [5.41, 5.74) is 3.71. The Hall–Kier alpha value is -2.88. The maximum absolute atomic E-state index is 12.6. The molecule has 0 amide bonds. The molecule has 152 valence electrons. The van der Waals surface area contributed by atoms with Crippen LogP contribution >= 0.6 is 0 Å². The van der Waals surface area contributed by atoms with Crippen LogP contribution in [-0.4, -0.2) is 19.0 Å². The molecular formula is C25H28O4. The lowest BCUT2D eigenvalue weighted by Crippen LogP contribution is -2.11. The normalized spacial score (nSPS) is 20.1. The van der Waals surface area contributed by atoms with Crippen LogP contribution in [-0.2, 0) is 32.1 Å². The Morgan fingerprint density at radius 2 is 1.66 bits per heavy atom. The van der Waals surface area contributed by atoms with Gasteiger partial charge in [0.15, 0.2) is 0 Å². The van der Waals surface area contributed by atoms with Crippen LogP contribution in [0.25, 0.3) is 0 Å². The molecule has 1 aliphatic rings. The molecule has 1 saturated carbocycles. The van der Waals surface area contributed by atoms with E-state index in [1.807, 2.05) is 50.3 Å². The van der Waals surface area contributed by atoms with Gasteiger partial charge < -0.3 is 9.47 Å². The number of esters is 2. The van der Waals surface area contributed by atoms with Gasteiger partial charge in [0, 0.05) is 5.57 Å². The molecule has 3 rings (SSSR count). The molecule has 0 bridgehead atoms. The van der Waals surface area contributed by atoms with Gasteiger partial charge in [-0.15, -0.1) is 0 Å². The highest BCUT2D eigenvalue weighted by atomic mass is 16.5. The predicted octanol–water partition coefficient (Wildman–Crippen LogP) is 4.71. The lowest BCUT2D eigenvalue weighted by molar-refractivity contribution is -0.147. The first-order valence-electron chi connectivity index (χ1n) is 9.88. The second-order valence-corrected chi connectivity index (χ2v) is 8.26. The molecule has 0 aromatic heterocycles. The van der Waals surface area contributed by atoms with Crippen molar-refractivity contribution in [3.8, 4) is 0 Å². The maximum Gasteiger partial charge on any atom is 0.333 e. The van der Waals surface area contributed by atoms with Crippen molar-refractivity contribution in [3.63, 3.8) is 0 Å². The summed E-state index contributed by atoms with van der Waals surface area (Å²) in [5, 5.41) is 0. The van der Waals surface area contributed by atoms with Crippen LogP contribution in [0.4, 0.5) is 0 Å². The van der Waals surface area contributed by atoms with Crippen molar-refractivity contribution in [2.24, 2.45) is 17.3 Å². The van der Waals surface area contributed by atoms with Crippen LogP contribution in [0.15, 0.2) is 66.2 Å². The number of benzene rings is 2. The summed E-state index contributed by atoms with van der Waals surface area (Å²) < 4.78 is 10.3. The third-order valence-corrected chi connectivity index (χ3v) is 5.73. The Labute approximate surface area is 172 Å². The van der Waals surface area contributed by atoms with Gasteiger partial charge in [0.2, 0.25) is 0 Å². The number of ether oxygens (including phenoxy) is 2. The Balaban J connectivity index is 1.59. The standard InChI is InChI=1S/C25H28O4/c1-17(23(26)28-4)13-21-22(25(21,2)3)24(27)29-16-20-12-8-11-19(15-20)14-18-9-6-5-7-10-18/h5-13,15,21-22H,14,16H2,1-4H3/b17-13+. The largest absolute Gasteiger partial charge is 0.466 e. The monoisotopic (exact) mass is 392 g/mol. The zero-order valence-electron chi connectivity index (χ0n) is 17.5. The van der Waals surface area contributed by atoms with E-state index >= 15 is 0 Å². The molecule has 0 spiro atoms. The molecular weight excluding hydrogens is 364 g/mol. The topological polar surface area (TPSA) is 52.6 Å². The summed E-state index contributed by atoms with van der Waals surface area (Å²) in [6.45, 7) is 6.00. The Morgan fingerprint density at radius 3 is 2.34 bits per heavy atom. The summed E-state index contributed by atoms with van der Waals surface area (Å²) in [6, 6.07) is 18.4. The smallest absolute Gasteiger partial charge is 0.333 e. The van der Waals surface area contributed by atoms with Crippen molar-refractivity contribution >= 4 is 11.9 Å². The number of methoxy groups -OCH3 is 1. The van der Waals surface area contributed by atoms with Crippen LogP contribution in [0.1, 0.15) is 37.5 Å². The molecule has 0 saturated heterocycles. The zero-order valence-corrected chi connectivity index (χ0v) is 17.5. The molecule has 29 heavy (non-hydrogen) atoms. The van der Waals surface area contributed by atoms with E-state index in [1.165, 1.54) is 18.2 Å². The Bertz CT molecular complexity index is 911. The van der Waals surface area contributed by atoms with Crippen molar-refractivity contribution in [2.45, 2.75) is 33.8 Å². The summed E-state index contributed by atoms with van der Waals surface area (Å²) in [7, 11) is 1.36. The van der Waals surface area contributed by atoms with E-state index in [0.29, 0.717) is 5.57 Å². The number of carbonyl (C=O) groups excluding carboxylic acids is 2. The minimum absolute atomic E-state index is 0.0153. The van der Waals surface area contributed by atoms with Crippen molar-refractivity contribution in [2.75, 3.05) is 7.11 Å². The van der Waals surface area contributed by atoms with Gasteiger partial charge >= 0.3 is 11.9 Å². The second-order valence-electron chi connectivity index (χ2n) is 8.26. The highest BCUT2D eigenvalue weighted by molar-refractivity contribution is 5.88. The van der Waals surface area contributed by atoms with Crippen LogP contribution in [0.3, 0.4) is 0 Å². The number of carbonyl (C=O) groups is 2. The highest BCUT2D eigenvalue weighted by Gasteiger charge is 2.61. The minimum Gasteiger partial charge on any atom is -0.466 e. The van der Waals surface area contributed by atoms with Gasteiger partial charge in [-0.05, 0) is 41.4 Å². The van der Waals surface area contributed by atoms with Crippen LogP contribution in [0.5, 0.6) is 0 Å². The van der Waals surface area contributed by atoms with E-state index in [-0.39, 0.29) is 35.8 Å². The fourth-order valence-corrected chi connectivity index (χ4v) is 3.84. The minimum atomic E-state index is -0.366. The molecule has 0 aliphatic heterocycles. The van der Waals surface area contributed by atoms with Gasteiger partial charge in [0.05, 0.1) is 13.0 Å². The van der Waals surface area contributed by atoms with Gasteiger partial charge in [0.1, 0.15) is 6.61 Å². The highest BCUT2D eigenvalue weighted by Crippen LogP contribution is 2.59. The molecule has 1 fully saturated rings. The number of hydrogen-bond donors (Lipinski definition) is 0. The molecule has 4 heteroatoms. The van der Waals surface area contributed by atoms with Crippen LogP contribution in [0.2, 0.25) is 0 Å². The molecule has 0 N–H and O–H groups in total. The van der Waals surface area contributed by atoms with Gasteiger partial charge in [0.25, 0.3) is 0 Å². The van der Waals surface area contributed by atoms with Crippen molar-refractivity contribution in [1.82, 2.24) is 0 Å². The quantitative estimate of drug-likeness (QED) is 0.506. The lowest BCUT2D eigenvalue weighted by atomic mass is 10.0. The Morgan fingerprint density at radius 1 is 1.00 bits per heavy atom. The predicted molar refractivity (Wildman–Crippen MR) is 112 cm³/mol. The van der Waals surface area contributed by atoms with Crippen molar-refractivity contribution < 1.29 is 19.1 Å². The summed E-state index contributed by atoms with van der Waals surface area (Å²) in [5.74, 6) is -0.842. The third kappa shape index (κ3) is 4.94. The molecule has 2 aromatic carbocycles. The second kappa shape index (κ2) is 8.64.